The minimum Gasteiger partial charge on any atom is -0.478 e. The third kappa shape index (κ3) is 4.38. The van der Waals surface area contributed by atoms with Crippen molar-refractivity contribution >= 4 is 23.6 Å². The van der Waals surface area contributed by atoms with Gasteiger partial charge >= 0.3 is 5.97 Å². The standard InChI is InChI=1S/C14H17FN2O3/c1-3-16-13(18)9-17(2)12-6-4-5-11(15)10(12)7-8-14(19)20/h4-8H,3,9H2,1-2H3,(H,16,18)(H,19,20)/b8-7+. The number of carboxylic acids is 1. The number of hydrogen-bond acceptors (Lipinski definition) is 3. The van der Waals surface area contributed by atoms with Gasteiger partial charge in [0.2, 0.25) is 5.91 Å². The maximum atomic E-state index is 13.8. The van der Waals surface area contributed by atoms with Crippen molar-refractivity contribution in [1.82, 2.24) is 5.32 Å². The van der Waals surface area contributed by atoms with Gasteiger partial charge in [-0.2, -0.15) is 0 Å². The van der Waals surface area contributed by atoms with Gasteiger partial charge in [0, 0.05) is 30.9 Å². The third-order valence-electron chi connectivity index (χ3n) is 2.59. The zero-order valence-corrected chi connectivity index (χ0v) is 11.4. The van der Waals surface area contributed by atoms with Crippen LogP contribution in [0.1, 0.15) is 12.5 Å². The molecule has 0 aliphatic carbocycles. The number of benzene rings is 1. The molecule has 6 heteroatoms. The second-order valence-corrected chi connectivity index (χ2v) is 4.15. The molecule has 0 fully saturated rings. The number of nitrogens with one attached hydrogen (secondary N) is 1. The fraction of sp³-hybridized carbons (Fsp3) is 0.286. The third-order valence-corrected chi connectivity index (χ3v) is 2.59. The summed E-state index contributed by atoms with van der Waals surface area (Å²) in [6, 6.07) is 4.38. The molecule has 0 bridgehead atoms. The molecule has 0 saturated heterocycles. The van der Waals surface area contributed by atoms with Crippen LogP contribution in [0.25, 0.3) is 6.08 Å². The summed E-state index contributed by atoms with van der Waals surface area (Å²) in [6.45, 7) is 2.38. The van der Waals surface area contributed by atoms with E-state index >= 15 is 0 Å². The largest absolute Gasteiger partial charge is 0.478 e. The minimum atomic E-state index is -1.16. The van der Waals surface area contributed by atoms with Gasteiger partial charge in [0.1, 0.15) is 5.82 Å². The first kappa shape index (κ1) is 15.7. The van der Waals surface area contributed by atoms with Crippen LogP contribution < -0.4 is 10.2 Å². The van der Waals surface area contributed by atoms with Gasteiger partial charge in [0.15, 0.2) is 0 Å². The Labute approximate surface area is 116 Å². The van der Waals surface area contributed by atoms with Crippen LogP contribution in [0.15, 0.2) is 24.3 Å². The molecule has 0 aromatic heterocycles. The second-order valence-electron chi connectivity index (χ2n) is 4.15. The summed E-state index contributed by atoms with van der Waals surface area (Å²) in [5.41, 5.74) is 0.593. The quantitative estimate of drug-likeness (QED) is 0.775. The average molecular weight is 280 g/mol. The van der Waals surface area contributed by atoms with Crippen LogP contribution in [0.3, 0.4) is 0 Å². The summed E-state index contributed by atoms with van der Waals surface area (Å²) in [6.07, 6.45) is 2.04. The Bertz CT molecular complexity index is 529. The van der Waals surface area contributed by atoms with E-state index in [1.165, 1.54) is 18.2 Å². The van der Waals surface area contributed by atoms with E-state index in [1.807, 2.05) is 0 Å². The summed E-state index contributed by atoms with van der Waals surface area (Å²) in [5, 5.41) is 11.3. The number of carbonyl (C=O) groups is 2. The Morgan fingerprint density at radius 1 is 1.45 bits per heavy atom. The predicted molar refractivity (Wildman–Crippen MR) is 75.0 cm³/mol. The molecule has 0 aliphatic heterocycles. The highest BCUT2D eigenvalue weighted by Gasteiger charge is 2.12. The highest BCUT2D eigenvalue weighted by atomic mass is 19.1. The Balaban J connectivity index is 3.01. The fourth-order valence-electron chi connectivity index (χ4n) is 1.73. The first-order chi connectivity index (χ1) is 9.45. The van der Waals surface area contributed by atoms with E-state index in [-0.39, 0.29) is 18.0 Å². The van der Waals surface area contributed by atoms with Crippen molar-refractivity contribution < 1.29 is 19.1 Å². The Morgan fingerprint density at radius 2 is 2.15 bits per heavy atom. The lowest BCUT2D eigenvalue weighted by Gasteiger charge is -2.21. The second kappa shape index (κ2) is 7.28. The van der Waals surface area contributed by atoms with E-state index in [0.717, 1.165) is 6.08 Å². The summed E-state index contributed by atoms with van der Waals surface area (Å²) >= 11 is 0. The van der Waals surface area contributed by atoms with E-state index < -0.39 is 11.8 Å². The molecule has 108 valence electrons. The fourth-order valence-corrected chi connectivity index (χ4v) is 1.73. The topological polar surface area (TPSA) is 69.6 Å². The van der Waals surface area contributed by atoms with E-state index in [0.29, 0.717) is 12.2 Å². The van der Waals surface area contributed by atoms with Crippen LogP contribution in [-0.4, -0.2) is 37.1 Å². The molecule has 0 radical (unpaired) electrons. The van der Waals surface area contributed by atoms with Crippen LogP contribution in [-0.2, 0) is 9.59 Å². The van der Waals surface area contributed by atoms with Crippen LogP contribution in [0.4, 0.5) is 10.1 Å². The number of rotatable bonds is 6. The zero-order chi connectivity index (χ0) is 15.1. The minimum absolute atomic E-state index is 0.0607. The van der Waals surface area contributed by atoms with E-state index in [1.54, 1.807) is 24.9 Å². The maximum Gasteiger partial charge on any atom is 0.328 e. The summed E-state index contributed by atoms with van der Waals surface area (Å²) in [5.74, 6) is -1.89. The lowest BCUT2D eigenvalue weighted by Crippen LogP contribution is -2.35. The molecule has 0 heterocycles. The van der Waals surface area contributed by atoms with Crippen molar-refractivity contribution in [1.29, 1.82) is 0 Å². The van der Waals surface area contributed by atoms with Crippen molar-refractivity contribution in [2.24, 2.45) is 0 Å². The molecule has 0 saturated carbocycles. The monoisotopic (exact) mass is 280 g/mol. The molecule has 20 heavy (non-hydrogen) atoms. The number of nitrogens with zero attached hydrogens (tertiary/aromatic N) is 1. The highest BCUT2D eigenvalue weighted by molar-refractivity contribution is 5.88. The average Bonchev–Trinajstić information content (AvgIpc) is 2.36. The van der Waals surface area contributed by atoms with Gasteiger partial charge in [-0.1, -0.05) is 6.07 Å². The molecule has 1 aromatic carbocycles. The van der Waals surface area contributed by atoms with E-state index in [9.17, 15) is 14.0 Å². The van der Waals surface area contributed by atoms with Gasteiger partial charge in [-0.15, -0.1) is 0 Å². The molecule has 1 rings (SSSR count). The number of carboxylic acid groups (broad SMARTS) is 1. The first-order valence-corrected chi connectivity index (χ1v) is 6.13. The van der Waals surface area contributed by atoms with Crippen molar-refractivity contribution in [2.45, 2.75) is 6.92 Å². The van der Waals surface area contributed by atoms with Gasteiger partial charge in [-0.05, 0) is 25.1 Å². The number of aliphatic carboxylic acids is 1. The normalized spacial score (nSPS) is 10.6. The van der Waals surface area contributed by atoms with E-state index in [4.69, 9.17) is 5.11 Å². The van der Waals surface area contributed by atoms with Crippen molar-refractivity contribution in [3.8, 4) is 0 Å². The smallest absolute Gasteiger partial charge is 0.328 e. The van der Waals surface area contributed by atoms with E-state index in [2.05, 4.69) is 5.32 Å². The molecule has 0 spiro atoms. The molecule has 0 atom stereocenters. The first-order valence-electron chi connectivity index (χ1n) is 6.13. The van der Waals surface area contributed by atoms with Crippen molar-refractivity contribution in [2.75, 3.05) is 25.0 Å². The molecule has 0 unspecified atom stereocenters. The lowest BCUT2D eigenvalue weighted by atomic mass is 10.1. The van der Waals surface area contributed by atoms with Gasteiger partial charge in [-0.25, -0.2) is 9.18 Å². The highest BCUT2D eigenvalue weighted by Crippen LogP contribution is 2.23. The number of anilines is 1. The van der Waals surface area contributed by atoms with Gasteiger partial charge in [-0.3, -0.25) is 4.79 Å². The van der Waals surface area contributed by atoms with Crippen molar-refractivity contribution in [3.05, 3.63) is 35.7 Å². The van der Waals surface area contributed by atoms with Crippen LogP contribution >= 0.6 is 0 Å². The molecular formula is C14H17FN2O3. The Hall–Kier alpha value is -2.37. The Morgan fingerprint density at radius 3 is 2.75 bits per heavy atom. The molecular weight excluding hydrogens is 263 g/mol. The number of halogens is 1. The van der Waals surface area contributed by atoms with Gasteiger partial charge in [0.25, 0.3) is 0 Å². The van der Waals surface area contributed by atoms with Gasteiger partial charge < -0.3 is 15.3 Å². The maximum absolute atomic E-state index is 13.8. The van der Waals surface area contributed by atoms with Crippen LogP contribution in [0.5, 0.6) is 0 Å². The predicted octanol–water partition coefficient (Wildman–Crippen LogP) is 1.50. The molecule has 5 nitrogen and oxygen atoms in total. The number of likely N-dealkylation sites (N-methyl/N-ethyl adjacent to an activating group) is 2. The summed E-state index contributed by atoms with van der Waals surface area (Å²) in [4.78, 5) is 23.6. The molecule has 1 amide bonds. The van der Waals surface area contributed by atoms with Crippen molar-refractivity contribution in [3.63, 3.8) is 0 Å². The zero-order valence-electron chi connectivity index (χ0n) is 11.4. The molecule has 0 aliphatic rings. The number of amides is 1. The lowest BCUT2D eigenvalue weighted by molar-refractivity contribution is -0.131. The summed E-state index contributed by atoms with van der Waals surface area (Å²) in [7, 11) is 1.64. The molecule has 2 N–H and O–H groups in total. The Kier molecular flexibility index (Phi) is 5.71. The SMILES string of the molecule is CCNC(=O)CN(C)c1cccc(F)c1/C=C/C(=O)O. The van der Waals surface area contributed by atoms with Gasteiger partial charge in [0.05, 0.1) is 6.54 Å². The number of hydrogen-bond donors (Lipinski definition) is 2. The molecule has 1 aromatic rings. The van der Waals surface area contributed by atoms with Crippen LogP contribution in [0.2, 0.25) is 0 Å². The summed E-state index contributed by atoms with van der Waals surface area (Å²) < 4.78 is 13.8. The number of carbonyl (C=O) groups excluding carboxylic acids is 1. The van der Waals surface area contributed by atoms with Crippen LogP contribution in [0, 0.1) is 5.82 Å².